The zero-order chi connectivity index (χ0) is 12.3. The van der Waals surface area contributed by atoms with Crippen LogP contribution in [0.15, 0.2) is 29.3 Å². The lowest BCUT2D eigenvalue weighted by Crippen LogP contribution is -2.21. The van der Waals surface area contributed by atoms with Gasteiger partial charge in [-0.3, -0.25) is 9.79 Å². The highest BCUT2D eigenvalue weighted by molar-refractivity contribution is 6.31. The third-order valence-electron chi connectivity index (χ3n) is 2.74. The average molecular weight is 247 g/mol. The van der Waals surface area contributed by atoms with Crippen molar-refractivity contribution in [1.29, 1.82) is 5.26 Å². The van der Waals surface area contributed by atoms with Crippen LogP contribution in [0.4, 0.5) is 0 Å². The van der Waals surface area contributed by atoms with E-state index in [9.17, 15) is 4.79 Å². The molecule has 1 aromatic rings. The minimum absolute atomic E-state index is 0.212. The lowest BCUT2D eigenvalue weighted by Gasteiger charge is -2.08. The highest BCUT2D eigenvalue weighted by Gasteiger charge is 2.26. The summed E-state index contributed by atoms with van der Waals surface area (Å²) in [6.07, 6.45) is 1.67. The van der Waals surface area contributed by atoms with Gasteiger partial charge in [-0.1, -0.05) is 23.7 Å². The molecule has 0 radical (unpaired) electrons. The average Bonchev–Trinajstić information content (AvgIpc) is 2.83. The summed E-state index contributed by atoms with van der Waals surface area (Å²) in [4.78, 5) is 16.4. The number of carbonyl (C=O) groups is 1. The second-order valence-corrected chi connectivity index (χ2v) is 4.35. The van der Waals surface area contributed by atoms with Crippen molar-refractivity contribution >= 4 is 23.1 Å². The first-order valence-electron chi connectivity index (χ1n) is 5.45. The first-order chi connectivity index (χ1) is 8.22. The SMILES string of the molecule is N#CC(C(=O)c1cccc(Cl)c1)C1=NCCC1. The van der Waals surface area contributed by atoms with Crippen molar-refractivity contribution in [3.05, 3.63) is 34.9 Å². The van der Waals surface area contributed by atoms with Gasteiger partial charge in [-0.05, 0) is 25.0 Å². The number of nitrogens with zero attached hydrogens (tertiary/aromatic N) is 2. The van der Waals surface area contributed by atoms with Gasteiger partial charge in [0.2, 0.25) is 0 Å². The Hall–Kier alpha value is -1.66. The molecule has 3 nitrogen and oxygen atoms in total. The maximum Gasteiger partial charge on any atom is 0.185 e. The maximum atomic E-state index is 12.2. The van der Waals surface area contributed by atoms with Gasteiger partial charge in [0.1, 0.15) is 5.92 Å². The summed E-state index contributed by atoms with van der Waals surface area (Å²) in [5.74, 6) is -0.966. The van der Waals surface area contributed by atoms with Gasteiger partial charge >= 0.3 is 0 Å². The third-order valence-corrected chi connectivity index (χ3v) is 2.97. The molecule has 0 bridgehead atoms. The lowest BCUT2D eigenvalue weighted by atomic mass is 9.93. The lowest BCUT2D eigenvalue weighted by molar-refractivity contribution is 0.0974. The molecule has 0 saturated carbocycles. The number of nitriles is 1. The normalized spacial score (nSPS) is 16.1. The monoisotopic (exact) mass is 246 g/mol. The van der Waals surface area contributed by atoms with Gasteiger partial charge in [-0.2, -0.15) is 5.26 Å². The number of ketones is 1. The van der Waals surface area contributed by atoms with Gasteiger partial charge in [-0.15, -0.1) is 0 Å². The van der Waals surface area contributed by atoms with Crippen LogP contribution >= 0.6 is 11.6 Å². The van der Waals surface area contributed by atoms with Crippen LogP contribution in [0.1, 0.15) is 23.2 Å². The molecule has 0 spiro atoms. The van der Waals surface area contributed by atoms with Crippen LogP contribution in [-0.2, 0) is 0 Å². The van der Waals surface area contributed by atoms with E-state index in [-0.39, 0.29) is 5.78 Å². The molecule has 17 heavy (non-hydrogen) atoms. The Morgan fingerprint density at radius 3 is 2.94 bits per heavy atom. The maximum absolute atomic E-state index is 12.2. The standard InChI is InChI=1S/C13H11ClN2O/c14-10-4-1-3-9(7-10)13(17)11(8-15)12-5-2-6-16-12/h1,3-4,7,11H,2,5-6H2. The van der Waals surface area contributed by atoms with Crippen molar-refractivity contribution in [2.45, 2.75) is 12.8 Å². The topological polar surface area (TPSA) is 53.2 Å². The number of hydrogen-bond acceptors (Lipinski definition) is 3. The largest absolute Gasteiger partial charge is 0.292 e. The van der Waals surface area contributed by atoms with Crippen molar-refractivity contribution < 1.29 is 4.79 Å². The molecule has 86 valence electrons. The van der Waals surface area contributed by atoms with Crippen molar-refractivity contribution in [3.63, 3.8) is 0 Å². The Morgan fingerprint density at radius 1 is 1.53 bits per heavy atom. The predicted molar refractivity (Wildman–Crippen MR) is 66.4 cm³/mol. The van der Waals surface area contributed by atoms with Gasteiger partial charge < -0.3 is 0 Å². The van der Waals surface area contributed by atoms with E-state index in [1.807, 2.05) is 6.07 Å². The van der Waals surface area contributed by atoms with E-state index in [0.29, 0.717) is 16.3 Å². The van der Waals surface area contributed by atoms with E-state index >= 15 is 0 Å². The zero-order valence-corrected chi connectivity index (χ0v) is 9.94. The van der Waals surface area contributed by atoms with E-state index in [2.05, 4.69) is 4.99 Å². The Balaban J connectivity index is 2.27. The van der Waals surface area contributed by atoms with Crippen LogP contribution in [-0.4, -0.2) is 18.0 Å². The minimum atomic E-state index is -0.754. The molecular formula is C13H11ClN2O. The van der Waals surface area contributed by atoms with Gasteiger partial charge in [0.15, 0.2) is 5.78 Å². The molecule has 0 N–H and O–H groups in total. The highest BCUT2D eigenvalue weighted by atomic mass is 35.5. The van der Waals surface area contributed by atoms with Crippen LogP contribution < -0.4 is 0 Å². The molecule has 1 aromatic carbocycles. The summed E-state index contributed by atoms with van der Waals surface area (Å²) >= 11 is 5.83. The Kier molecular flexibility index (Phi) is 3.55. The number of benzene rings is 1. The fourth-order valence-electron chi connectivity index (χ4n) is 1.89. The van der Waals surface area contributed by atoms with Gasteiger partial charge in [-0.25, -0.2) is 0 Å². The zero-order valence-electron chi connectivity index (χ0n) is 9.19. The predicted octanol–water partition coefficient (Wildman–Crippen LogP) is 2.90. The number of rotatable bonds is 3. The molecular weight excluding hydrogens is 236 g/mol. The van der Waals surface area contributed by atoms with E-state index < -0.39 is 5.92 Å². The first kappa shape index (κ1) is 11.8. The van der Waals surface area contributed by atoms with Gasteiger partial charge in [0.05, 0.1) is 6.07 Å². The van der Waals surface area contributed by atoms with Crippen molar-refractivity contribution in [2.75, 3.05) is 6.54 Å². The van der Waals surface area contributed by atoms with Crippen LogP contribution in [0, 0.1) is 17.2 Å². The van der Waals surface area contributed by atoms with E-state index in [1.54, 1.807) is 24.3 Å². The van der Waals surface area contributed by atoms with Crippen molar-refractivity contribution in [3.8, 4) is 6.07 Å². The first-order valence-corrected chi connectivity index (χ1v) is 5.83. The molecule has 1 aliphatic rings. The van der Waals surface area contributed by atoms with Crippen LogP contribution in [0.3, 0.4) is 0 Å². The number of hydrogen-bond donors (Lipinski definition) is 0. The Morgan fingerprint density at radius 2 is 2.35 bits per heavy atom. The summed E-state index contributed by atoms with van der Waals surface area (Å²) in [6.45, 7) is 0.719. The molecule has 0 aromatic heterocycles. The summed E-state index contributed by atoms with van der Waals surface area (Å²) in [5.41, 5.74) is 1.18. The molecule has 0 aliphatic carbocycles. The number of halogens is 1. The fourth-order valence-corrected chi connectivity index (χ4v) is 2.08. The molecule has 1 atom stereocenters. The molecule has 0 amide bonds. The quantitative estimate of drug-likeness (QED) is 0.770. The molecule has 1 aliphatic heterocycles. The minimum Gasteiger partial charge on any atom is -0.292 e. The Bertz CT molecular complexity index is 516. The van der Waals surface area contributed by atoms with Crippen molar-refractivity contribution in [1.82, 2.24) is 0 Å². The van der Waals surface area contributed by atoms with E-state index in [1.165, 1.54) is 0 Å². The summed E-state index contributed by atoms with van der Waals surface area (Å²) in [5, 5.41) is 9.60. The molecule has 1 unspecified atom stereocenters. The molecule has 4 heteroatoms. The van der Waals surface area contributed by atoms with E-state index in [4.69, 9.17) is 16.9 Å². The molecule has 0 saturated heterocycles. The van der Waals surface area contributed by atoms with Crippen LogP contribution in [0.25, 0.3) is 0 Å². The fraction of sp³-hybridized carbons (Fsp3) is 0.308. The van der Waals surface area contributed by atoms with Crippen LogP contribution in [0.5, 0.6) is 0 Å². The highest BCUT2D eigenvalue weighted by Crippen LogP contribution is 2.19. The third kappa shape index (κ3) is 2.54. The molecule has 1 heterocycles. The van der Waals surface area contributed by atoms with Crippen LogP contribution in [0.2, 0.25) is 5.02 Å². The number of carbonyl (C=O) groups excluding carboxylic acids is 1. The second kappa shape index (κ2) is 5.11. The summed E-state index contributed by atoms with van der Waals surface area (Å²) in [7, 11) is 0. The molecule has 2 rings (SSSR count). The number of Topliss-reactive ketones (excluding diaryl/α,β-unsaturated/α-hetero) is 1. The van der Waals surface area contributed by atoms with Gasteiger partial charge in [0.25, 0.3) is 0 Å². The molecule has 0 fully saturated rings. The summed E-state index contributed by atoms with van der Waals surface area (Å²) in [6, 6.07) is 8.71. The summed E-state index contributed by atoms with van der Waals surface area (Å²) < 4.78 is 0. The smallest absolute Gasteiger partial charge is 0.185 e. The van der Waals surface area contributed by atoms with E-state index in [0.717, 1.165) is 19.4 Å². The van der Waals surface area contributed by atoms with Gasteiger partial charge in [0, 0.05) is 22.8 Å². The van der Waals surface area contributed by atoms with Crippen molar-refractivity contribution in [2.24, 2.45) is 10.9 Å². The Labute approximate surface area is 105 Å². The second-order valence-electron chi connectivity index (χ2n) is 3.91. The number of aliphatic imine (C=N–C) groups is 1.